The fraction of sp³-hybridized carbons (Fsp3) is 0.250. The number of benzene rings is 1. The highest BCUT2D eigenvalue weighted by Crippen LogP contribution is 2.20. The Morgan fingerprint density at radius 2 is 2.00 bits per heavy atom. The summed E-state index contributed by atoms with van der Waals surface area (Å²) < 4.78 is 11.8. The van der Waals surface area contributed by atoms with Gasteiger partial charge in [0, 0.05) is 11.6 Å². The van der Waals surface area contributed by atoms with Crippen LogP contribution in [-0.2, 0) is 11.3 Å². The average molecular weight is 367 g/mol. The number of rotatable bonds is 7. The quantitative estimate of drug-likeness (QED) is 0.694. The maximum absolute atomic E-state index is 12.4. The van der Waals surface area contributed by atoms with Crippen molar-refractivity contribution >= 4 is 5.91 Å². The van der Waals surface area contributed by atoms with E-state index < -0.39 is 6.04 Å². The van der Waals surface area contributed by atoms with E-state index in [4.69, 9.17) is 9.15 Å². The Hall–Kier alpha value is -3.35. The van der Waals surface area contributed by atoms with E-state index in [0.29, 0.717) is 18.1 Å². The summed E-state index contributed by atoms with van der Waals surface area (Å²) in [6.07, 6.45) is 1.54. The van der Waals surface area contributed by atoms with Crippen LogP contribution in [0.4, 0.5) is 0 Å². The summed E-state index contributed by atoms with van der Waals surface area (Å²) >= 11 is 0. The molecule has 0 radical (unpaired) electrons. The van der Waals surface area contributed by atoms with Crippen LogP contribution >= 0.6 is 0 Å². The third kappa shape index (κ3) is 4.44. The molecule has 0 aliphatic carbocycles. The molecule has 0 aliphatic rings. The number of nitrogens with zero attached hydrogens (tertiary/aromatic N) is 2. The van der Waals surface area contributed by atoms with Gasteiger partial charge in [-0.2, -0.15) is 5.10 Å². The van der Waals surface area contributed by atoms with Crippen molar-refractivity contribution in [3.8, 4) is 17.0 Å². The lowest BCUT2D eigenvalue weighted by Crippen LogP contribution is -2.36. The Morgan fingerprint density at radius 1 is 1.22 bits per heavy atom. The minimum Gasteiger partial charge on any atom is -0.494 e. The lowest BCUT2D eigenvalue weighted by atomic mass is 10.1. The van der Waals surface area contributed by atoms with Crippen molar-refractivity contribution in [2.24, 2.45) is 0 Å². The first-order chi connectivity index (χ1) is 13.1. The highest BCUT2D eigenvalue weighted by molar-refractivity contribution is 5.79. The van der Waals surface area contributed by atoms with E-state index in [-0.39, 0.29) is 18.0 Å². The van der Waals surface area contributed by atoms with Crippen LogP contribution < -0.4 is 15.6 Å². The topological polar surface area (TPSA) is 86.4 Å². The molecule has 27 heavy (non-hydrogen) atoms. The van der Waals surface area contributed by atoms with Crippen LogP contribution in [0.25, 0.3) is 11.3 Å². The number of aromatic nitrogens is 2. The van der Waals surface area contributed by atoms with Gasteiger partial charge in [0.1, 0.15) is 17.6 Å². The average Bonchev–Trinajstić information content (AvgIpc) is 3.20. The molecule has 0 aliphatic heterocycles. The Bertz CT molecular complexity index is 946. The Kier molecular flexibility index (Phi) is 5.71. The van der Waals surface area contributed by atoms with Gasteiger partial charge in [-0.25, -0.2) is 4.68 Å². The van der Waals surface area contributed by atoms with Crippen LogP contribution in [0, 0.1) is 0 Å². The van der Waals surface area contributed by atoms with Crippen molar-refractivity contribution in [2.75, 3.05) is 6.61 Å². The van der Waals surface area contributed by atoms with Crippen LogP contribution in [0.2, 0.25) is 0 Å². The zero-order chi connectivity index (χ0) is 19.2. The van der Waals surface area contributed by atoms with Gasteiger partial charge in [0.15, 0.2) is 0 Å². The molecule has 0 spiro atoms. The molecule has 1 amide bonds. The summed E-state index contributed by atoms with van der Waals surface area (Å²) in [7, 11) is 0. The molecule has 0 bridgehead atoms. The van der Waals surface area contributed by atoms with E-state index in [0.717, 1.165) is 11.3 Å². The van der Waals surface area contributed by atoms with Crippen LogP contribution in [-0.4, -0.2) is 22.3 Å². The van der Waals surface area contributed by atoms with Crippen molar-refractivity contribution in [1.29, 1.82) is 0 Å². The Labute approximate surface area is 156 Å². The van der Waals surface area contributed by atoms with E-state index in [1.54, 1.807) is 25.1 Å². The van der Waals surface area contributed by atoms with E-state index >= 15 is 0 Å². The lowest BCUT2D eigenvalue weighted by molar-refractivity contribution is -0.124. The zero-order valence-corrected chi connectivity index (χ0v) is 15.2. The van der Waals surface area contributed by atoms with Crippen molar-refractivity contribution in [3.63, 3.8) is 0 Å². The van der Waals surface area contributed by atoms with Crippen molar-refractivity contribution in [2.45, 2.75) is 26.4 Å². The third-order valence-electron chi connectivity index (χ3n) is 4.05. The SMILES string of the molecule is CCOc1ccc(-c2ccc(=O)n(C(C)C(=O)NCc3ccco3)n2)cc1. The van der Waals surface area contributed by atoms with E-state index in [1.807, 2.05) is 31.2 Å². The molecule has 0 fully saturated rings. The van der Waals surface area contributed by atoms with Gasteiger partial charge in [-0.1, -0.05) is 0 Å². The van der Waals surface area contributed by atoms with Gasteiger partial charge in [-0.3, -0.25) is 9.59 Å². The maximum Gasteiger partial charge on any atom is 0.267 e. The number of hydrogen-bond acceptors (Lipinski definition) is 5. The molecule has 1 unspecified atom stereocenters. The summed E-state index contributed by atoms with van der Waals surface area (Å²) in [6.45, 7) is 4.40. The van der Waals surface area contributed by atoms with Gasteiger partial charge in [-0.15, -0.1) is 0 Å². The van der Waals surface area contributed by atoms with Gasteiger partial charge in [0.2, 0.25) is 5.91 Å². The predicted octanol–water partition coefficient (Wildman–Crippen LogP) is 2.78. The minimum absolute atomic E-state index is 0.253. The van der Waals surface area contributed by atoms with Crippen molar-refractivity contribution < 1.29 is 13.9 Å². The summed E-state index contributed by atoms with van der Waals surface area (Å²) in [5.41, 5.74) is 1.09. The second-order valence-electron chi connectivity index (χ2n) is 5.93. The predicted molar refractivity (Wildman–Crippen MR) is 100 cm³/mol. The molecule has 3 rings (SSSR count). The van der Waals surface area contributed by atoms with Crippen molar-refractivity contribution in [1.82, 2.24) is 15.1 Å². The molecule has 7 heteroatoms. The molecule has 3 aromatic rings. The third-order valence-corrected chi connectivity index (χ3v) is 4.05. The van der Waals surface area contributed by atoms with Gasteiger partial charge in [0.05, 0.1) is 25.1 Å². The molecule has 0 saturated carbocycles. The molecule has 0 saturated heterocycles. The molecule has 2 heterocycles. The summed E-state index contributed by atoms with van der Waals surface area (Å²) in [6, 6.07) is 13.2. The Balaban J connectivity index is 1.77. The van der Waals surface area contributed by atoms with Gasteiger partial charge < -0.3 is 14.5 Å². The lowest BCUT2D eigenvalue weighted by Gasteiger charge is -2.14. The molecular formula is C20H21N3O4. The van der Waals surface area contributed by atoms with Crippen molar-refractivity contribution in [3.05, 3.63) is 70.9 Å². The van der Waals surface area contributed by atoms with Crippen LogP contribution in [0.15, 0.2) is 64.0 Å². The van der Waals surface area contributed by atoms with E-state index in [9.17, 15) is 9.59 Å². The number of nitrogens with one attached hydrogen (secondary N) is 1. The standard InChI is InChI=1S/C20H21N3O4/c1-3-26-16-8-6-15(7-9-16)18-10-11-19(24)23(22-18)14(2)20(25)21-13-17-5-4-12-27-17/h4-12,14H,3,13H2,1-2H3,(H,21,25). The van der Waals surface area contributed by atoms with Crippen LogP contribution in [0.5, 0.6) is 5.75 Å². The largest absolute Gasteiger partial charge is 0.494 e. The fourth-order valence-electron chi connectivity index (χ4n) is 2.59. The van der Waals surface area contributed by atoms with Gasteiger partial charge >= 0.3 is 0 Å². The first-order valence-corrected chi connectivity index (χ1v) is 8.71. The number of carbonyl (C=O) groups excluding carboxylic acids is 1. The summed E-state index contributed by atoms with van der Waals surface area (Å²) in [5, 5.41) is 7.11. The first-order valence-electron chi connectivity index (χ1n) is 8.71. The fourth-order valence-corrected chi connectivity index (χ4v) is 2.59. The normalized spacial score (nSPS) is 11.8. The van der Waals surface area contributed by atoms with E-state index in [2.05, 4.69) is 10.4 Å². The monoisotopic (exact) mass is 367 g/mol. The van der Waals surface area contributed by atoms with Gasteiger partial charge in [-0.05, 0) is 56.3 Å². The number of amides is 1. The Morgan fingerprint density at radius 3 is 2.67 bits per heavy atom. The molecule has 2 aromatic heterocycles. The second-order valence-corrected chi connectivity index (χ2v) is 5.93. The second kappa shape index (κ2) is 8.35. The molecule has 140 valence electrons. The molecule has 7 nitrogen and oxygen atoms in total. The number of ether oxygens (including phenoxy) is 1. The van der Waals surface area contributed by atoms with E-state index in [1.165, 1.54) is 17.0 Å². The molecule has 1 N–H and O–H groups in total. The molecular weight excluding hydrogens is 346 g/mol. The highest BCUT2D eigenvalue weighted by Gasteiger charge is 2.18. The molecule has 1 atom stereocenters. The number of furan rings is 1. The van der Waals surface area contributed by atoms with Crippen LogP contribution in [0.1, 0.15) is 25.6 Å². The van der Waals surface area contributed by atoms with Gasteiger partial charge in [0.25, 0.3) is 5.56 Å². The number of carbonyl (C=O) groups is 1. The molecule has 1 aromatic carbocycles. The summed E-state index contributed by atoms with van der Waals surface area (Å²) in [4.78, 5) is 24.6. The zero-order valence-electron chi connectivity index (χ0n) is 15.2. The van der Waals surface area contributed by atoms with Crippen LogP contribution in [0.3, 0.4) is 0 Å². The number of hydrogen-bond donors (Lipinski definition) is 1. The highest BCUT2D eigenvalue weighted by atomic mass is 16.5. The summed E-state index contributed by atoms with van der Waals surface area (Å²) in [5.74, 6) is 1.09. The first kappa shape index (κ1) is 18.4. The smallest absolute Gasteiger partial charge is 0.267 e. The minimum atomic E-state index is -0.755. The maximum atomic E-state index is 12.4.